The van der Waals surface area contributed by atoms with Crippen molar-refractivity contribution in [3.63, 3.8) is 0 Å². The van der Waals surface area contributed by atoms with Crippen LogP contribution in [0.5, 0.6) is 5.75 Å². The molecule has 0 amide bonds. The predicted molar refractivity (Wildman–Crippen MR) is 99.7 cm³/mol. The van der Waals surface area contributed by atoms with Crippen molar-refractivity contribution in [2.75, 3.05) is 18.5 Å². The third-order valence-electron chi connectivity index (χ3n) is 3.88. The molecule has 24 heavy (non-hydrogen) atoms. The lowest BCUT2D eigenvalue weighted by atomic mass is 10.2. The molecule has 1 aliphatic rings. The normalized spacial score (nSPS) is 17.0. The zero-order valence-corrected chi connectivity index (χ0v) is 15.3. The Morgan fingerprint density at radius 2 is 1.79 bits per heavy atom. The average molecular weight is 387 g/mol. The van der Waals surface area contributed by atoms with Crippen molar-refractivity contribution in [2.24, 2.45) is 0 Å². The molecule has 1 aliphatic heterocycles. The fraction of sp³-hybridized carbons (Fsp3) is 0.333. The van der Waals surface area contributed by atoms with Crippen LogP contribution in [-0.2, 0) is 11.3 Å². The predicted octanol–water partition coefficient (Wildman–Crippen LogP) is 5.82. The molecule has 3 nitrogen and oxygen atoms in total. The van der Waals surface area contributed by atoms with Gasteiger partial charge in [-0.3, -0.25) is 0 Å². The third-order valence-corrected chi connectivity index (χ3v) is 4.91. The summed E-state index contributed by atoms with van der Waals surface area (Å²) >= 11 is 18.1. The highest BCUT2D eigenvalue weighted by atomic mass is 35.5. The molecule has 1 N–H and O–H groups in total. The topological polar surface area (TPSA) is 30.5 Å². The van der Waals surface area contributed by atoms with E-state index in [9.17, 15) is 0 Å². The van der Waals surface area contributed by atoms with Gasteiger partial charge < -0.3 is 14.8 Å². The van der Waals surface area contributed by atoms with Gasteiger partial charge in [0.05, 0.1) is 26.9 Å². The van der Waals surface area contributed by atoms with Crippen molar-refractivity contribution >= 4 is 40.5 Å². The minimum Gasteiger partial charge on any atom is -0.491 e. The van der Waals surface area contributed by atoms with E-state index in [1.165, 1.54) is 0 Å². The number of anilines is 1. The van der Waals surface area contributed by atoms with Crippen LogP contribution in [0.15, 0.2) is 36.4 Å². The fourth-order valence-electron chi connectivity index (χ4n) is 2.52. The van der Waals surface area contributed by atoms with Crippen molar-refractivity contribution < 1.29 is 9.47 Å². The van der Waals surface area contributed by atoms with Crippen LogP contribution in [0.2, 0.25) is 15.1 Å². The van der Waals surface area contributed by atoms with E-state index in [-0.39, 0.29) is 6.10 Å². The molecule has 0 aliphatic carbocycles. The maximum absolute atomic E-state index is 6.16. The van der Waals surface area contributed by atoms with Crippen LogP contribution in [-0.4, -0.2) is 19.3 Å². The van der Waals surface area contributed by atoms with Crippen LogP contribution >= 0.6 is 34.8 Å². The van der Waals surface area contributed by atoms with E-state index < -0.39 is 0 Å². The first-order valence-corrected chi connectivity index (χ1v) is 8.97. The Bertz CT molecular complexity index is 685. The summed E-state index contributed by atoms with van der Waals surface area (Å²) in [5.74, 6) is 0.849. The third kappa shape index (κ3) is 4.70. The van der Waals surface area contributed by atoms with Gasteiger partial charge in [-0.15, -0.1) is 0 Å². The summed E-state index contributed by atoms with van der Waals surface area (Å²) in [5, 5.41) is 4.72. The highest BCUT2D eigenvalue weighted by Crippen LogP contribution is 2.32. The first kappa shape index (κ1) is 17.7. The number of nitrogens with one attached hydrogen (secondary N) is 1. The van der Waals surface area contributed by atoms with E-state index in [1.807, 2.05) is 24.3 Å². The van der Waals surface area contributed by atoms with E-state index in [4.69, 9.17) is 44.3 Å². The highest BCUT2D eigenvalue weighted by molar-refractivity contribution is 6.44. The Hall–Kier alpha value is -1.13. The van der Waals surface area contributed by atoms with Gasteiger partial charge in [-0.1, -0.05) is 46.9 Å². The highest BCUT2D eigenvalue weighted by Gasteiger charge is 2.15. The maximum atomic E-state index is 6.16. The van der Waals surface area contributed by atoms with Gasteiger partial charge in [-0.25, -0.2) is 0 Å². The average Bonchev–Trinajstić information content (AvgIpc) is 3.09. The second-order valence-corrected chi connectivity index (χ2v) is 6.91. The summed E-state index contributed by atoms with van der Waals surface area (Å²) in [5.41, 5.74) is 1.87. The molecule has 128 valence electrons. The van der Waals surface area contributed by atoms with Crippen LogP contribution in [0, 0.1) is 0 Å². The maximum Gasteiger partial charge on any atom is 0.119 e. The standard InChI is InChI=1S/C18H18Cl3NO2/c19-15-8-17(21)18(9-16(15)20)22-10-12-3-5-13(6-4-12)24-11-14-2-1-7-23-14/h3-6,8-9,14,22H,1-2,7,10-11H2. The molecule has 1 unspecified atom stereocenters. The summed E-state index contributed by atoms with van der Waals surface area (Å²) in [7, 11) is 0. The molecule has 1 saturated heterocycles. The lowest BCUT2D eigenvalue weighted by Crippen LogP contribution is -2.16. The lowest BCUT2D eigenvalue weighted by Gasteiger charge is -2.12. The Kier molecular flexibility index (Phi) is 6.12. The van der Waals surface area contributed by atoms with Crippen LogP contribution in [0.25, 0.3) is 0 Å². The summed E-state index contributed by atoms with van der Waals surface area (Å²) in [6, 6.07) is 11.3. The van der Waals surface area contributed by atoms with Gasteiger partial charge >= 0.3 is 0 Å². The molecule has 2 aromatic rings. The van der Waals surface area contributed by atoms with Gasteiger partial charge in [0.2, 0.25) is 0 Å². The first-order valence-electron chi connectivity index (χ1n) is 7.83. The molecule has 6 heteroatoms. The molecule has 2 aromatic carbocycles. The summed E-state index contributed by atoms with van der Waals surface area (Å²) in [6.45, 7) is 2.08. The van der Waals surface area contributed by atoms with Gasteiger partial charge in [0.1, 0.15) is 12.4 Å². The van der Waals surface area contributed by atoms with Crippen molar-refractivity contribution in [1.29, 1.82) is 0 Å². The monoisotopic (exact) mass is 385 g/mol. The summed E-state index contributed by atoms with van der Waals surface area (Å²) in [4.78, 5) is 0. The quantitative estimate of drug-likeness (QED) is 0.635. The Balaban J connectivity index is 1.53. The molecule has 0 aromatic heterocycles. The van der Waals surface area contributed by atoms with E-state index in [0.29, 0.717) is 28.2 Å². The SMILES string of the molecule is Clc1cc(Cl)c(NCc2ccc(OCC3CCCO3)cc2)cc1Cl. The number of benzene rings is 2. The van der Waals surface area contributed by atoms with E-state index >= 15 is 0 Å². The molecular weight excluding hydrogens is 369 g/mol. The molecule has 0 radical (unpaired) electrons. The molecular formula is C18H18Cl3NO2. The zero-order chi connectivity index (χ0) is 16.9. The largest absolute Gasteiger partial charge is 0.491 e. The molecule has 1 heterocycles. The van der Waals surface area contributed by atoms with Crippen molar-refractivity contribution in [3.8, 4) is 5.75 Å². The number of ether oxygens (including phenoxy) is 2. The van der Waals surface area contributed by atoms with E-state index in [1.54, 1.807) is 12.1 Å². The van der Waals surface area contributed by atoms with Crippen molar-refractivity contribution in [3.05, 3.63) is 57.0 Å². The second kappa shape index (κ2) is 8.30. The molecule has 1 fully saturated rings. The minimum absolute atomic E-state index is 0.225. The van der Waals surface area contributed by atoms with Gasteiger partial charge in [-0.2, -0.15) is 0 Å². The van der Waals surface area contributed by atoms with Gasteiger partial charge in [0.25, 0.3) is 0 Å². The van der Waals surface area contributed by atoms with Gasteiger partial charge in [0.15, 0.2) is 0 Å². The van der Waals surface area contributed by atoms with Crippen LogP contribution in [0.4, 0.5) is 5.69 Å². The fourth-order valence-corrected chi connectivity index (χ4v) is 3.14. The van der Waals surface area contributed by atoms with Crippen LogP contribution in [0.3, 0.4) is 0 Å². The van der Waals surface area contributed by atoms with Crippen molar-refractivity contribution in [1.82, 2.24) is 0 Å². The van der Waals surface area contributed by atoms with Crippen molar-refractivity contribution in [2.45, 2.75) is 25.5 Å². The van der Waals surface area contributed by atoms with Gasteiger partial charge in [-0.05, 0) is 42.7 Å². The zero-order valence-electron chi connectivity index (χ0n) is 13.0. The minimum atomic E-state index is 0.225. The molecule has 0 bridgehead atoms. The van der Waals surface area contributed by atoms with E-state index in [2.05, 4.69) is 5.32 Å². The molecule has 0 spiro atoms. The van der Waals surface area contributed by atoms with Crippen LogP contribution < -0.4 is 10.1 Å². The van der Waals surface area contributed by atoms with E-state index in [0.717, 1.165) is 36.4 Å². The Morgan fingerprint density at radius 1 is 1.04 bits per heavy atom. The Labute approximate surface area is 156 Å². The number of halogens is 3. The number of hydrogen-bond donors (Lipinski definition) is 1. The molecule has 1 atom stereocenters. The molecule has 3 rings (SSSR count). The number of hydrogen-bond acceptors (Lipinski definition) is 3. The smallest absolute Gasteiger partial charge is 0.119 e. The molecule has 0 saturated carbocycles. The Morgan fingerprint density at radius 3 is 2.50 bits per heavy atom. The summed E-state index contributed by atoms with van der Waals surface area (Å²) in [6.07, 6.45) is 2.42. The number of rotatable bonds is 6. The van der Waals surface area contributed by atoms with Gasteiger partial charge in [0, 0.05) is 13.2 Å². The second-order valence-electron chi connectivity index (χ2n) is 5.69. The lowest BCUT2D eigenvalue weighted by molar-refractivity contribution is 0.0679. The first-order chi connectivity index (χ1) is 11.6. The van der Waals surface area contributed by atoms with Crippen LogP contribution in [0.1, 0.15) is 18.4 Å². The summed E-state index contributed by atoms with van der Waals surface area (Å²) < 4.78 is 11.3.